The molecule has 2 aromatic carbocycles. The van der Waals surface area contributed by atoms with Crippen LogP contribution in [-0.2, 0) is 19.4 Å². The first-order chi connectivity index (χ1) is 17.1. The molecule has 1 fully saturated rings. The summed E-state index contributed by atoms with van der Waals surface area (Å²) in [7, 11) is -3.37. The maximum atomic E-state index is 13.3. The van der Waals surface area contributed by atoms with Crippen LogP contribution in [0, 0.1) is 11.8 Å². The molecule has 8 nitrogen and oxygen atoms in total. The van der Waals surface area contributed by atoms with Crippen molar-refractivity contribution in [1.29, 1.82) is 0 Å². The van der Waals surface area contributed by atoms with Crippen molar-refractivity contribution in [2.45, 2.75) is 51.0 Å². The van der Waals surface area contributed by atoms with Gasteiger partial charge in [0, 0.05) is 26.2 Å². The Morgan fingerprint density at radius 2 is 1.67 bits per heavy atom. The zero-order valence-electron chi connectivity index (χ0n) is 21.0. The molecule has 0 unspecified atom stereocenters. The molecule has 2 aromatic rings. The van der Waals surface area contributed by atoms with Crippen molar-refractivity contribution in [2.75, 3.05) is 35.3 Å². The Balaban J connectivity index is 1.65. The summed E-state index contributed by atoms with van der Waals surface area (Å²) in [6, 6.07) is 11.8. The van der Waals surface area contributed by atoms with Gasteiger partial charge in [-0.1, -0.05) is 32.0 Å². The van der Waals surface area contributed by atoms with Crippen LogP contribution in [0.15, 0.2) is 47.4 Å². The quantitative estimate of drug-likeness (QED) is 0.593. The van der Waals surface area contributed by atoms with E-state index in [0.717, 1.165) is 24.0 Å². The molecule has 2 aliphatic heterocycles. The number of rotatable bonds is 6. The van der Waals surface area contributed by atoms with E-state index in [2.05, 4.69) is 0 Å². The molecule has 194 valence electrons. The summed E-state index contributed by atoms with van der Waals surface area (Å²) >= 11 is 0. The van der Waals surface area contributed by atoms with Gasteiger partial charge >= 0.3 is 6.09 Å². The highest BCUT2D eigenvalue weighted by Gasteiger charge is 2.36. The molecular formula is C27H34N2O6S. The fourth-order valence-corrected chi connectivity index (χ4v) is 6.67. The minimum atomic E-state index is -3.37. The second-order valence-electron chi connectivity index (χ2n) is 10.2. The van der Waals surface area contributed by atoms with E-state index in [-0.39, 0.29) is 41.0 Å². The number of hydrogen-bond donors (Lipinski definition) is 1. The van der Waals surface area contributed by atoms with Crippen LogP contribution >= 0.6 is 0 Å². The van der Waals surface area contributed by atoms with Gasteiger partial charge in [0.2, 0.25) is 5.91 Å². The molecule has 0 saturated carbocycles. The normalized spacial score (nSPS) is 18.8. The maximum absolute atomic E-state index is 13.3. The molecule has 36 heavy (non-hydrogen) atoms. The highest BCUT2D eigenvalue weighted by molar-refractivity contribution is 7.91. The predicted octanol–water partition coefficient (Wildman–Crippen LogP) is 4.82. The van der Waals surface area contributed by atoms with Crippen LogP contribution in [0.25, 0.3) is 11.1 Å². The monoisotopic (exact) mass is 514 g/mol. The van der Waals surface area contributed by atoms with E-state index in [4.69, 9.17) is 4.74 Å². The second kappa shape index (κ2) is 10.6. The van der Waals surface area contributed by atoms with Gasteiger partial charge in [0.05, 0.1) is 28.1 Å². The van der Waals surface area contributed by atoms with Crippen LogP contribution in [0.1, 0.15) is 40.0 Å². The van der Waals surface area contributed by atoms with Crippen molar-refractivity contribution in [3.05, 3.63) is 42.5 Å². The number of amides is 2. The molecule has 2 amide bonds. The first-order valence-corrected chi connectivity index (χ1v) is 14.1. The maximum Gasteiger partial charge on any atom is 0.411 e. The number of fused-ring (bicyclic) bond motifs is 1. The first-order valence-electron chi connectivity index (χ1n) is 12.4. The van der Waals surface area contributed by atoms with Crippen molar-refractivity contribution in [1.82, 2.24) is 0 Å². The lowest BCUT2D eigenvalue weighted by Crippen LogP contribution is -2.52. The number of carbonyl (C=O) groups is 2. The van der Waals surface area contributed by atoms with Crippen molar-refractivity contribution < 1.29 is 27.9 Å². The summed E-state index contributed by atoms with van der Waals surface area (Å²) in [5.74, 6) is 0.364. The molecule has 0 spiro atoms. The van der Waals surface area contributed by atoms with Gasteiger partial charge in [-0.05, 0) is 67.0 Å². The minimum Gasteiger partial charge on any atom is -0.465 e. The van der Waals surface area contributed by atoms with Gasteiger partial charge in [-0.2, -0.15) is 0 Å². The predicted molar refractivity (Wildman–Crippen MR) is 139 cm³/mol. The van der Waals surface area contributed by atoms with Crippen LogP contribution < -0.4 is 9.80 Å². The highest BCUT2D eigenvalue weighted by atomic mass is 32.2. The molecule has 2 aliphatic rings. The van der Waals surface area contributed by atoms with Crippen molar-refractivity contribution in [3.63, 3.8) is 0 Å². The van der Waals surface area contributed by atoms with Crippen LogP contribution in [0.4, 0.5) is 16.2 Å². The number of carbonyl (C=O) groups excluding carboxylic acids is 1. The van der Waals surface area contributed by atoms with E-state index >= 15 is 0 Å². The smallest absolute Gasteiger partial charge is 0.411 e. The van der Waals surface area contributed by atoms with E-state index in [1.807, 2.05) is 26.8 Å². The van der Waals surface area contributed by atoms with E-state index in [0.29, 0.717) is 31.0 Å². The Kier molecular flexibility index (Phi) is 7.70. The SMILES string of the molecule is CC(C)CS(=O)(=O)c1ccc(-c2ccc3c(c2)N(C(=O)O)C[C@H](C)N3C(=O)CC2CCOCC2)cc1. The van der Waals surface area contributed by atoms with Gasteiger partial charge in [-0.3, -0.25) is 9.69 Å². The number of benzene rings is 2. The van der Waals surface area contributed by atoms with Gasteiger partial charge in [0.15, 0.2) is 9.84 Å². The summed E-state index contributed by atoms with van der Waals surface area (Å²) in [6.07, 6.45) is 1.04. The lowest BCUT2D eigenvalue weighted by Gasteiger charge is -2.41. The van der Waals surface area contributed by atoms with E-state index in [9.17, 15) is 23.1 Å². The fraction of sp³-hybridized carbons (Fsp3) is 0.481. The number of hydrogen-bond acceptors (Lipinski definition) is 5. The van der Waals surface area contributed by atoms with Crippen molar-refractivity contribution >= 4 is 33.2 Å². The average molecular weight is 515 g/mol. The Labute approximate surface area is 212 Å². The molecule has 1 saturated heterocycles. The summed E-state index contributed by atoms with van der Waals surface area (Å²) in [4.78, 5) is 28.7. The van der Waals surface area contributed by atoms with Crippen molar-refractivity contribution in [2.24, 2.45) is 11.8 Å². The zero-order chi connectivity index (χ0) is 26.0. The molecule has 0 radical (unpaired) electrons. The van der Waals surface area contributed by atoms with Gasteiger partial charge in [-0.25, -0.2) is 13.2 Å². The topological polar surface area (TPSA) is 104 Å². The fourth-order valence-electron chi connectivity index (χ4n) is 5.05. The van der Waals surface area contributed by atoms with Crippen molar-refractivity contribution in [3.8, 4) is 11.1 Å². The summed E-state index contributed by atoms with van der Waals surface area (Å²) in [5, 5.41) is 9.89. The number of anilines is 2. The molecular weight excluding hydrogens is 480 g/mol. The second-order valence-corrected chi connectivity index (χ2v) is 12.2. The third-order valence-electron chi connectivity index (χ3n) is 6.82. The Hall–Kier alpha value is -2.91. The standard InChI is InChI=1S/C27H34N2O6S/c1-18(2)17-36(33,34)23-7-4-21(5-8-23)22-6-9-24-25(15-22)28(27(31)32)16-19(3)29(24)26(30)14-20-10-12-35-13-11-20/h4-9,15,18-20H,10-14,16-17H2,1-3H3,(H,31,32)/t19-/m0/s1. The van der Waals surface area contributed by atoms with Gasteiger partial charge in [-0.15, -0.1) is 0 Å². The lowest BCUT2D eigenvalue weighted by atomic mass is 9.94. The largest absolute Gasteiger partial charge is 0.465 e. The molecule has 9 heteroatoms. The highest BCUT2D eigenvalue weighted by Crippen LogP contribution is 2.40. The van der Waals surface area contributed by atoms with Crippen LogP contribution in [0.3, 0.4) is 0 Å². The molecule has 4 rings (SSSR count). The molecule has 1 atom stereocenters. The van der Waals surface area contributed by atoms with E-state index in [1.165, 1.54) is 4.90 Å². The molecule has 2 heterocycles. The van der Waals surface area contributed by atoms with Crippen LogP contribution in [-0.4, -0.2) is 57.1 Å². The number of nitrogens with zero attached hydrogens (tertiary/aromatic N) is 2. The van der Waals surface area contributed by atoms with E-state index < -0.39 is 15.9 Å². The lowest BCUT2D eigenvalue weighted by molar-refractivity contribution is -0.120. The zero-order valence-corrected chi connectivity index (χ0v) is 21.8. The van der Waals surface area contributed by atoms with E-state index in [1.54, 1.807) is 41.3 Å². The average Bonchev–Trinajstić information content (AvgIpc) is 2.83. The molecule has 0 aliphatic carbocycles. The van der Waals surface area contributed by atoms with Gasteiger partial charge < -0.3 is 14.7 Å². The number of carboxylic acid groups (broad SMARTS) is 1. The molecule has 1 N–H and O–H groups in total. The van der Waals surface area contributed by atoms with Crippen LogP contribution in [0.5, 0.6) is 0 Å². The number of ether oxygens (including phenoxy) is 1. The van der Waals surface area contributed by atoms with Gasteiger partial charge in [0.25, 0.3) is 0 Å². The third-order valence-corrected chi connectivity index (χ3v) is 8.91. The summed E-state index contributed by atoms with van der Waals surface area (Å²) < 4.78 is 30.5. The summed E-state index contributed by atoms with van der Waals surface area (Å²) in [6.45, 7) is 7.11. The third kappa shape index (κ3) is 5.57. The Bertz CT molecular complexity index is 1220. The van der Waals surface area contributed by atoms with Gasteiger partial charge in [0.1, 0.15) is 0 Å². The molecule has 0 aromatic heterocycles. The van der Waals surface area contributed by atoms with Crippen LogP contribution in [0.2, 0.25) is 0 Å². The Morgan fingerprint density at radius 3 is 2.28 bits per heavy atom. The molecule has 0 bridgehead atoms. The number of sulfone groups is 1. The summed E-state index contributed by atoms with van der Waals surface area (Å²) in [5.41, 5.74) is 2.55. The Morgan fingerprint density at radius 1 is 1.03 bits per heavy atom. The minimum absolute atomic E-state index is 0.00634. The first kappa shape index (κ1) is 26.2.